The normalized spacial score (nSPS) is 10.3. The molecule has 0 aliphatic heterocycles. The van der Waals surface area contributed by atoms with Crippen molar-refractivity contribution in [1.82, 2.24) is 4.90 Å². The van der Waals surface area contributed by atoms with Gasteiger partial charge in [0.1, 0.15) is 0 Å². The molecular weight excluding hydrogens is 264 g/mol. The molecule has 0 heterocycles. The summed E-state index contributed by atoms with van der Waals surface area (Å²) >= 11 is 0. The van der Waals surface area contributed by atoms with Crippen LogP contribution >= 0.6 is 0 Å². The van der Waals surface area contributed by atoms with Gasteiger partial charge in [-0.15, -0.1) is 0 Å². The number of aryl methyl sites for hydroxylation is 2. The van der Waals surface area contributed by atoms with Crippen LogP contribution in [-0.4, -0.2) is 30.5 Å². The van der Waals surface area contributed by atoms with E-state index < -0.39 is 0 Å². The molecule has 0 aromatic heterocycles. The van der Waals surface area contributed by atoms with Gasteiger partial charge < -0.3 is 5.73 Å². The van der Waals surface area contributed by atoms with Crippen molar-refractivity contribution < 1.29 is 4.79 Å². The molecular formula is C16H26N4O. The van der Waals surface area contributed by atoms with Gasteiger partial charge in [0, 0.05) is 13.6 Å². The third-order valence-corrected chi connectivity index (χ3v) is 3.57. The Hall–Kier alpha value is -2.04. The van der Waals surface area contributed by atoms with Crippen molar-refractivity contribution in [2.75, 3.05) is 18.5 Å². The number of urea groups is 1. The van der Waals surface area contributed by atoms with Crippen LogP contribution in [0.25, 0.3) is 0 Å². The van der Waals surface area contributed by atoms with Crippen molar-refractivity contribution in [2.24, 2.45) is 5.73 Å². The first-order chi connectivity index (χ1) is 9.90. The number of hydrogen-bond acceptors (Lipinski definition) is 2. The van der Waals surface area contributed by atoms with E-state index in [0.29, 0.717) is 6.54 Å². The number of para-hydroxylation sites is 1. The number of amides is 2. The average molecular weight is 290 g/mol. The summed E-state index contributed by atoms with van der Waals surface area (Å²) in [5, 5.41) is 7.64. The number of hydrogen-bond donors (Lipinski definition) is 2. The summed E-state index contributed by atoms with van der Waals surface area (Å²) in [5.74, 6) is -0.200. The third kappa shape index (κ3) is 4.21. The Morgan fingerprint density at radius 3 is 2.29 bits per heavy atom. The number of anilines is 1. The first-order valence-corrected chi connectivity index (χ1v) is 7.35. The lowest BCUT2D eigenvalue weighted by Gasteiger charge is -2.28. The first kappa shape index (κ1) is 17.0. The average Bonchev–Trinajstić information content (AvgIpc) is 2.42. The second-order valence-corrected chi connectivity index (χ2v) is 5.33. The van der Waals surface area contributed by atoms with Crippen molar-refractivity contribution >= 4 is 17.7 Å². The van der Waals surface area contributed by atoms with E-state index in [-0.39, 0.29) is 12.0 Å². The molecule has 5 nitrogen and oxygen atoms in total. The molecule has 21 heavy (non-hydrogen) atoms. The second kappa shape index (κ2) is 7.67. The van der Waals surface area contributed by atoms with Crippen LogP contribution in [0.15, 0.2) is 18.2 Å². The summed E-state index contributed by atoms with van der Waals surface area (Å²) in [6.45, 7) is 6.53. The number of rotatable bonds is 5. The molecule has 0 fully saturated rings. The SMILES string of the molecule is CCCCCN(C(=N)N)C(=O)N(C)c1c(C)cccc1C. The summed E-state index contributed by atoms with van der Waals surface area (Å²) in [6.07, 6.45) is 2.93. The summed E-state index contributed by atoms with van der Waals surface area (Å²) in [4.78, 5) is 15.5. The Morgan fingerprint density at radius 2 is 1.81 bits per heavy atom. The van der Waals surface area contributed by atoms with Gasteiger partial charge in [-0.3, -0.25) is 15.2 Å². The minimum atomic E-state index is -0.254. The lowest BCUT2D eigenvalue weighted by atomic mass is 10.1. The fraction of sp³-hybridized carbons (Fsp3) is 0.500. The Morgan fingerprint density at radius 1 is 1.24 bits per heavy atom. The van der Waals surface area contributed by atoms with E-state index in [1.807, 2.05) is 32.0 Å². The van der Waals surface area contributed by atoms with Crippen molar-refractivity contribution in [3.8, 4) is 0 Å². The highest BCUT2D eigenvalue weighted by molar-refractivity contribution is 6.02. The van der Waals surface area contributed by atoms with E-state index in [2.05, 4.69) is 6.92 Å². The number of unbranched alkanes of at least 4 members (excludes halogenated alkanes) is 2. The van der Waals surface area contributed by atoms with Crippen molar-refractivity contribution in [3.05, 3.63) is 29.3 Å². The Kier molecular flexibility index (Phi) is 6.21. The lowest BCUT2D eigenvalue weighted by molar-refractivity contribution is 0.227. The van der Waals surface area contributed by atoms with Gasteiger partial charge in [-0.05, 0) is 31.4 Å². The number of guanidine groups is 1. The largest absolute Gasteiger partial charge is 0.370 e. The molecule has 0 bridgehead atoms. The van der Waals surface area contributed by atoms with Gasteiger partial charge in [0.05, 0.1) is 5.69 Å². The first-order valence-electron chi connectivity index (χ1n) is 7.35. The maximum atomic E-state index is 12.6. The van der Waals surface area contributed by atoms with Crippen molar-refractivity contribution in [3.63, 3.8) is 0 Å². The van der Waals surface area contributed by atoms with E-state index in [0.717, 1.165) is 36.1 Å². The van der Waals surface area contributed by atoms with Gasteiger partial charge in [-0.25, -0.2) is 4.79 Å². The maximum Gasteiger partial charge on any atom is 0.331 e. The summed E-state index contributed by atoms with van der Waals surface area (Å²) in [5.41, 5.74) is 8.51. The number of carbonyl (C=O) groups is 1. The molecule has 0 atom stereocenters. The number of nitrogens with one attached hydrogen (secondary N) is 1. The molecule has 0 unspecified atom stereocenters. The lowest BCUT2D eigenvalue weighted by Crippen LogP contribution is -2.48. The third-order valence-electron chi connectivity index (χ3n) is 3.57. The van der Waals surface area contributed by atoms with E-state index in [9.17, 15) is 4.79 Å². The summed E-state index contributed by atoms with van der Waals surface area (Å²) in [6, 6.07) is 5.66. The van der Waals surface area contributed by atoms with Crippen LogP contribution in [0.1, 0.15) is 37.3 Å². The fourth-order valence-electron chi connectivity index (χ4n) is 2.45. The Balaban J connectivity index is 2.95. The summed E-state index contributed by atoms with van der Waals surface area (Å²) in [7, 11) is 1.73. The van der Waals surface area contributed by atoms with Crippen LogP contribution in [0.5, 0.6) is 0 Å². The van der Waals surface area contributed by atoms with Gasteiger partial charge in [0.25, 0.3) is 0 Å². The van der Waals surface area contributed by atoms with Crippen LogP contribution in [0.4, 0.5) is 10.5 Å². The zero-order valence-electron chi connectivity index (χ0n) is 13.4. The molecule has 0 saturated heterocycles. The highest BCUT2D eigenvalue weighted by atomic mass is 16.2. The van der Waals surface area contributed by atoms with Crippen molar-refractivity contribution in [1.29, 1.82) is 5.41 Å². The van der Waals surface area contributed by atoms with Gasteiger partial charge in [-0.2, -0.15) is 0 Å². The van der Waals surface area contributed by atoms with Crippen LogP contribution in [0.3, 0.4) is 0 Å². The highest BCUT2D eigenvalue weighted by Crippen LogP contribution is 2.24. The predicted molar refractivity (Wildman–Crippen MR) is 87.9 cm³/mol. The van der Waals surface area contributed by atoms with Crippen LogP contribution in [0.2, 0.25) is 0 Å². The molecule has 0 saturated carbocycles. The van der Waals surface area contributed by atoms with Gasteiger partial charge in [0.2, 0.25) is 0 Å². The maximum absolute atomic E-state index is 12.6. The number of benzene rings is 1. The van der Waals surface area contributed by atoms with Crippen LogP contribution < -0.4 is 10.6 Å². The van der Waals surface area contributed by atoms with Crippen LogP contribution in [-0.2, 0) is 0 Å². The monoisotopic (exact) mass is 290 g/mol. The van der Waals surface area contributed by atoms with Crippen LogP contribution in [0, 0.1) is 19.3 Å². The molecule has 0 radical (unpaired) electrons. The molecule has 1 rings (SSSR count). The molecule has 0 spiro atoms. The molecule has 0 aliphatic carbocycles. The van der Waals surface area contributed by atoms with Gasteiger partial charge in [0.15, 0.2) is 5.96 Å². The highest BCUT2D eigenvalue weighted by Gasteiger charge is 2.23. The Bertz CT molecular complexity index is 493. The molecule has 1 aromatic carbocycles. The smallest absolute Gasteiger partial charge is 0.331 e. The molecule has 5 heteroatoms. The summed E-state index contributed by atoms with van der Waals surface area (Å²) < 4.78 is 0. The number of carbonyl (C=O) groups excluding carboxylic acids is 1. The van der Waals surface area contributed by atoms with Gasteiger partial charge in [-0.1, -0.05) is 38.0 Å². The molecule has 2 amide bonds. The molecule has 3 N–H and O–H groups in total. The Labute approximate surface area is 127 Å². The molecule has 0 aliphatic rings. The topological polar surface area (TPSA) is 73.4 Å². The molecule has 1 aromatic rings. The zero-order chi connectivity index (χ0) is 16.0. The zero-order valence-corrected chi connectivity index (χ0v) is 13.4. The van der Waals surface area contributed by atoms with Crippen molar-refractivity contribution in [2.45, 2.75) is 40.0 Å². The standard InChI is InChI=1S/C16H26N4O/c1-5-6-7-11-20(15(17)18)16(21)19(4)14-12(2)9-8-10-13(14)3/h8-10H,5-7,11H2,1-4H3,(H3,17,18). The quantitative estimate of drug-likeness (QED) is 0.496. The van der Waals surface area contributed by atoms with E-state index in [1.54, 1.807) is 11.9 Å². The number of nitrogens with two attached hydrogens (primary N) is 1. The van der Waals surface area contributed by atoms with E-state index in [4.69, 9.17) is 11.1 Å². The fourth-order valence-corrected chi connectivity index (χ4v) is 2.45. The number of nitrogens with zero attached hydrogens (tertiary/aromatic N) is 2. The second-order valence-electron chi connectivity index (χ2n) is 5.33. The molecule has 116 valence electrons. The minimum Gasteiger partial charge on any atom is -0.370 e. The predicted octanol–water partition coefficient (Wildman–Crippen LogP) is 3.25. The van der Waals surface area contributed by atoms with Gasteiger partial charge >= 0.3 is 6.03 Å². The minimum absolute atomic E-state index is 0.200. The van der Waals surface area contributed by atoms with E-state index in [1.165, 1.54) is 4.90 Å². The van der Waals surface area contributed by atoms with E-state index >= 15 is 0 Å².